The third-order valence-corrected chi connectivity index (χ3v) is 5.02. The van der Waals surface area contributed by atoms with Gasteiger partial charge in [-0.2, -0.15) is 0 Å². The molecule has 1 aromatic carbocycles. The van der Waals surface area contributed by atoms with Gasteiger partial charge in [-0.15, -0.1) is 0 Å². The summed E-state index contributed by atoms with van der Waals surface area (Å²) in [6, 6.07) is 5.34. The molecule has 0 bridgehead atoms. The molecule has 0 atom stereocenters. The fourth-order valence-electron chi connectivity index (χ4n) is 2.96. The summed E-state index contributed by atoms with van der Waals surface area (Å²) in [5, 5.41) is 4.21. The number of halogens is 2. The Morgan fingerprint density at radius 3 is 2.52 bits per heavy atom. The van der Waals surface area contributed by atoms with Crippen molar-refractivity contribution in [3.63, 3.8) is 0 Å². The number of piperidine rings is 1. The first-order valence-electron chi connectivity index (χ1n) is 7.83. The number of anilines is 1. The molecule has 3 rings (SSSR count). The van der Waals surface area contributed by atoms with Crippen molar-refractivity contribution in [3.05, 3.63) is 28.2 Å². The highest BCUT2D eigenvalue weighted by Gasteiger charge is 2.40. The van der Waals surface area contributed by atoms with Crippen LogP contribution >= 0.6 is 23.2 Å². The average Bonchev–Trinajstić information content (AvgIpc) is 2.99. The number of carbonyl (C=O) groups is 1. The van der Waals surface area contributed by atoms with Crippen LogP contribution in [-0.2, 0) is 14.3 Å². The van der Waals surface area contributed by atoms with Crippen molar-refractivity contribution in [3.8, 4) is 0 Å². The minimum Gasteiger partial charge on any atom is -0.384 e. The number of ether oxygens (including phenoxy) is 2. The molecule has 0 aromatic heterocycles. The van der Waals surface area contributed by atoms with Gasteiger partial charge in [0.15, 0.2) is 5.79 Å². The third kappa shape index (κ3) is 4.10. The number of amides is 1. The second-order valence-corrected chi connectivity index (χ2v) is 6.61. The molecule has 126 valence electrons. The lowest BCUT2D eigenvalue weighted by Gasteiger charge is -2.37. The number of hydrogen-bond donors (Lipinski definition) is 1. The molecule has 0 aliphatic carbocycles. The Balaban J connectivity index is 1.42. The summed E-state index contributed by atoms with van der Waals surface area (Å²) in [5.74, 6) is -0.292. The number of rotatable bonds is 4. The van der Waals surface area contributed by atoms with Gasteiger partial charge >= 0.3 is 0 Å². The van der Waals surface area contributed by atoms with Gasteiger partial charge in [-0.1, -0.05) is 23.2 Å². The quantitative estimate of drug-likeness (QED) is 0.897. The molecule has 7 heteroatoms. The van der Waals surface area contributed by atoms with E-state index < -0.39 is 5.79 Å². The summed E-state index contributed by atoms with van der Waals surface area (Å²) < 4.78 is 11.3. The summed E-state index contributed by atoms with van der Waals surface area (Å²) in [5.41, 5.74) is 0.859. The van der Waals surface area contributed by atoms with E-state index in [2.05, 4.69) is 5.32 Å². The molecule has 0 saturated carbocycles. The van der Waals surface area contributed by atoms with Crippen molar-refractivity contribution >= 4 is 34.8 Å². The SMILES string of the molecule is O=C(CCNc1ccc(Cl)c(Cl)c1)N1CCC2(CC1)OCCO2. The Bertz CT molecular complexity index is 566. The first-order valence-corrected chi connectivity index (χ1v) is 8.58. The van der Waals surface area contributed by atoms with Crippen LogP contribution in [0.2, 0.25) is 10.0 Å². The predicted octanol–water partition coefficient (Wildman–Crippen LogP) is 3.16. The first kappa shape index (κ1) is 16.8. The third-order valence-electron chi connectivity index (χ3n) is 4.28. The van der Waals surface area contributed by atoms with Gasteiger partial charge < -0.3 is 19.7 Å². The van der Waals surface area contributed by atoms with E-state index in [0.29, 0.717) is 49.3 Å². The Morgan fingerprint density at radius 1 is 1.17 bits per heavy atom. The van der Waals surface area contributed by atoms with Gasteiger partial charge in [-0.3, -0.25) is 4.79 Å². The molecule has 2 fully saturated rings. The van der Waals surface area contributed by atoms with Crippen molar-refractivity contribution in [2.45, 2.75) is 25.0 Å². The zero-order valence-electron chi connectivity index (χ0n) is 12.8. The summed E-state index contributed by atoms with van der Waals surface area (Å²) in [6.07, 6.45) is 1.94. The van der Waals surface area contributed by atoms with Gasteiger partial charge in [-0.05, 0) is 18.2 Å². The van der Waals surface area contributed by atoms with Crippen molar-refractivity contribution < 1.29 is 14.3 Å². The summed E-state index contributed by atoms with van der Waals surface area (Å²) in [7, 11) is 0. The topological polar surface area (TPSA) is 50.8 Å². The highest BCUT2D eigenvalue weighted by molar-refractivity contribution is 6.42. The van der Waals surface area contributed by atoms with Gasteiger partial charge in [0.25, 0.3) is 0 Å². The van der Waals surface area contributed by atoms with Gasteiger partial charge in [0.2, 0.25) is 5.91 Å². The highest BCUT2D eigenvalue weighted by Crippen LogP contribution is 2.31. The first-order chi connectivity index (χ1) is 11.1. The average molecular weight is 359 g/mol. The molecular weight excluding hydrogens is 339 g/mol. The minimum atomic E-state index is -0.435. The molecule has 1 spiro atoms. The lowest BCUT2D eigenvalue weighted by atomic mass is 10.0. The Labute approximate surface area is 145 Å². The molecule has 23 heavy (non-hydrogen) atoms. The van der Waals surface area contributed by atoms with Crippen LogP contribution in [0.4, 0.5) is 5.69 Å². The van der Waals surface area contributed by atoms with Gasteiger partial charge in [-0.25, -0.2) is 0 Å². The predicted molar refractivity (Wildman–Crippen MR) is 90.0 cm³/mol. The minimum absolute atomic E-state index is 0.144. The van der Waals surface area contributed by atoms with Crippen molar-refractivity contribution in [2.24, 2.45) is 0 Å². The molecule has 1 N–H and O–H groups in total. The molecule has 2 heterocycles. The van der Waals surface area contributed by atoms with Crippen LogP contribution in [0, 0.1) is 0 Å². The summed E-state index contributed by atoms with van der Waals surface area (Å²) in [6.45, 7) is 3.24. The number of carbonyl (C=O) groups excluding carboxylic acids is 1. The standard InChI is InChI=1S/C16H20Cl2N2O3/c17-13-2-1-12(11-14(13)18)19-6-3-15(21)20-7-4-16(5-8-20)22-9-10-23-16/h1-2,11,19H,3-10H2. The van der Waals surface area contributed by atoms with Crippen molar-refractivity contribution in [1.29, 1.82) is 0 Å². The monoisotopic (exact) mass is 358 g/mol. The maximum Gasteiger partial charge on any atom is 0.224 e. The van der Waals surface area contributed by atoms with Crippen LogP contribution < -0.4 is 5.32 Å². The van der Waals surface area contributed by atoms with Crippen LogP contribution in [-0.4, -0.2) is 49.4 Å². The summed E-state index contributed by atoms with van der Waals surface area (Å²) >= 11 is 11.8. The second-order valence-electron chi connectivity index (χ2n) is 5.79. The summed E-state index contributed by atoms with van der Waals surface area (Å²) in [4.78, 5) is 14.2. The van der Waals surface area contributed by atoms with E-state index >= 15 is 0 Å². The van der Waals surface area contributed by atoms with Gasteiger partial charge in [0, 0.05) is 44.6 Å². The molecular formula is C16H20Cl2N2O3. The van der Waals surface area contributed by atoms with E-state index in [1.165, 1.54) is 0 Å². The van der Waals surface area contributed by atoms with Gasteiger partial charge in [0.05, 0.1) is 23.3 Å². The molecule has 2 aliphatic rings. The molecule has 0 radical (unpaired) electrons. The second kappa shape index (κ2) is 7.26. The molecule has 0 unspecified atom stereocenters. The number of likely N-dealkylation sites (tertiary alicyclic amines) is 1. The molecule has 5 nitrogen and oxygen atoms in total. The molecule has 2 saturated heterocycles. The molecule has 1 amide bonds. The Morgan fingerprint density at radius 2 is 1.87 bits per heavy atom. The zero-order chi connectivity index (χ0) is 16.3. The van der Waals surface area contributed by atoms with E-state index in [-0.39, 0.29) is 5.91 Å². The van der Waals surface area contributed by atoms with Crippen LogP contribution in [0.3, 0.4) is 0 Å². The molecule has 2 aliphatic heterocycles. The van der Waals surface area contributed by atoms with E-state index in [4.69, 9.17) is 32.7 Å². The Kier molecular flexibility index (Phi) is 5.31. The number of nitrogens with one attached hydrogen (secondary N) is 1. The zero-order valence-corrected chi connectivity index (χ0v) is 14.3. The van der Waals surface area contributed by atoms with Crippen LogP contribution in [0.15, 0.2) is 18.2 Å². The number of nitrogens with zero attached hydrogens (tertiary/aromatic N) is 1. The fraction of sp³-hybridized carbons (Fsp3) is 0.562. The lowest BCUT2D eigenvalue weighted by molar-refractivity contribution is -0.187. The largest absolute Gasteiger partial charge is 0.384 e. The van der Waals surface area contributed by atoms with E-state index in [1.54, 1.807) is 12.1 Å². The van der Waals surface area contributed by atoms with E-state index in [0.717, 1.165) is 18.5 Å². The molecule has 1 aromatic rings. The number of hydrogen-bond acceptors (Lipinski definition) is 4. The highest BCUT2D eigenvalue weighted by atomic mass is 35.5. The van der Waals surface area contributed by atoms with E-state index in [1.807, 2.05) is 11.0 Å². The van der Waals surface area contributed by atoms with Crippen molar-refractivity contribution in [2.75, 3.05) is 38.2 Å². The van der Waals surface area contributed by atoms with Crippen LogP contribution in [0.1, 0.15) is 19.3 Å². The smallest absolute Gasteiger partial charge is 0.224 e. The van der Waals surface area contributed by atoms with Gasteiger partial charge in [0.1, 0.15) is 0 Å². The number of benzene rings is 1. The normalized spacial score (nSPS) is 20.0. The van der Waals surface area contributed by atoms with Crippen LogP contribution in [0.5, 0.6) is 0 Å². The van der Waals surface area contributed by atoms with Crippen molar-refractivity contribution in [1.82, 2.24) is 4.90 Å². The lowest BCUT2D eigenvalue weighted by Crippen LogP contribution is -2.47. The Hall–Kier alpha value is -1.01. The fourth-order valence-corrected chi connectivity index (χ4v) is 3.26. The maximum atomic E-state index is 12.3. The maximum absolute atomic E-state index is 12.3. The van der Waals surface area contributed by atoms with Crippen LogP contribution in [0.25, 0.3) is 0 Å². The van der Waals surface area contributed by atoms with E-state index in [9.17, 15) is 4.79 Å².